The lowest BCUT2D eigenvalue weighted by molar-refractivity contribution is 1.67. The molecule has 0 aromatic heterocycles. The molecule has 13 aromatic rings. The van der Waals surface area contributed by atoms with Gasteiger partial charge in [-0.15, -0.1) is 0 Å². The summed E-state index contributed by atoms with van der Waals surface area (Å²) in [5.41, 5.74) is 26.6. The fourth-order valence-electron chi connectivity index (χ4n) is 14.3. The molecule has 0 spiro atoms. The molecule has 0 saturated carbocycles. The molecule has 17 rings (SSSR count). The van der Waals surface area contributed by atoms with Crippen molar-refractivity contribution in [2.75, 3.05) is 0 Å². The average Bonchev–Trinajstić information content (AvgIpc) is 4.11. The minimum atomic E-state index is -2.27. The highest BCUT2D eigenvalue weighted by atomic mass is 28.3. The molecule has 1 aliphatic heterocycles. The van der Waals surface area contributed by atoms with Gasteiger partial charge >= 0.3 is 0 Å². The monoisotopic (exact) mass is 910 g/mol. The molecule has 71 heavy (non-hydrogen) atoms. The summed E-state index contributed by atoms with van der Waals surface area (Å²) in [5, 5.41) is 16.3. The van der Waals surface area contributed by atoms with E-state index in [1.807, 2.05) is 0 Å². The van der Waals surface area contributed by atoms with Crippen molar-refractivity contribution in [1.82, 2.24) is 0 Å². The molecule has 0 radical (unpaired) electrons. The van der Waals surface area contributed by atoms with E-state index in [0.717, 1.165) is 0 Å². The molecule has 0 saturated heterocycles. The molecular formula is C70H42Si. The third-order valence-electron chi connectivity index (χ3n) is 17.3. The molecule has 0 N–H and O–H groups in total. The van der Waals surface area contributed by atoms with Crippen LogP contribution in [0, 0.1) is 0 Å². The minimum Gasteiger partial charge on any atom is -0.0616 e. The van der Waals surface area contributed by atoms with Gasteiger partial charge in [-0.3, -0.25) is 0 Å². The molecule has 0 nitrogen and oxygen atoms in total. The lowest BCUT2D eigenvalue weighted by Gasteiger charge is -2.23. The van der Waals surface area contributed by atoms with Crippen molar-refractivity contribution in [3.63, 3.8) is 0 Å². The van der Waals surface area contributed by atoms with Crippen LogP contribution in [-0.2, 0) is 0 Å². The third kappa shape index (κ3) is 4.75. The van der Waals surface area contributed by atoms with Crippen molar-refractivity contribution < 1.29 is 0 Å². The summed E-state index contributed by atoms with van der Waals surface area (Å²) in [6.07, 6.45) is 0. The Labute approximate surface area is 412 Å². The molecule has 3 aliphatic carbocycles. The quantitative estimate of drug-likeness (QED) is 0.122. The smallest absolute Gasteiger partial charge is 0.0616 e. The van der Waals surface area contributed by atoms with Crippen molar-refractivity contribution in [2.24, 2.45) is 0 Å². The highest BCUT2D eigenvalue weighted by Gasteiger charge is 2.39. The molecule has 0 atom stereocenters. The lowest BCUT2D eigenvalue weighted by atomic mass is 9.82. The highest BCUT2D eigenvalue weighted by Crippen LogP contribution is 2.56. The summed E-state index contributed by atoms with van der Waals surface area (Å²) in [4.78, 5) is 0. The Morgan fingerprint density at radius 1 is 0.211 bits per heavy atom. The summed E-state index contributed by atoms with van der Waals surface area (Å²) in [6, 6.07) is 84.1. The SMILES string of the molecule is C[Si]1(C)c2cc(-c3ccc4c5c(cccc35)-c3ccccc3-4)ccc2-c2cc3c(-c4ccc5c6c(cccc46)-c4ccccc4-5)c4ccccc4c(-c4ccc5c6c(cccc46)-c4ccccc4-5)c3cc21. The van der Waals surface area contributed by atoms with Crippen LogP contribution < -0.4 is 10.4 Å². The van der Waals surface area contributed by atoms with E-state index in [-0.39, 0.29) is 0 Å². The van der Waals surface area contributed by atoms with Crippen LogP contribution in [0.15, 0.2) is 218 Å². The van der Waals surface area contributed by atoms with Crippen LogP contribution >= 0.6 is 0 Å². The van der Waals surface area contributed by atoms with E-state index in [0.29, 0.717) is 0 Å². The van der Waals surface area contributed by atoms with E-state index in [4.69, 9.17) is 0 Å². The van der Waals surface area contributed by atoms with Gasteiger partial charge in [-0.1, -0.05) is 225 Å². The largest absolute Gasteiger partial charge is 0.113 e. The second kappa shape index (κ2) is 13.4. The van der Waals surface area contributed by atoms with Gasteiger partial charge in [0.2, 0.25) is 0 Å². The van der Waals surface area contributed by atoms with Gasteiger partial charge in [0.25, 0.3) is 0 Å². The summed E-state index contributed by atoms with van der Waals surface area (Å²) in [7, 11) is -2.27. The van der Waals surface area contributed by atoms with E-state index in [2.05, 4.69) is 231 Å². The molecular weight excluding hydrogens is 869 g/mol. The topological polar surface area (TPSA) is 0 Å². The minimum absolute atomic E-state index is 1.29. The fraction of sp³-hybridized carbons (Fsp3) is 0.0286. The maximum Gasteiger partial charge on any atom is 0.113 e. The zero-order chi connectivity index (χ0) is 46.4. The Morgan fingerprint density at radius 2 is 0.535 bits per heavy atom. The van der Waals surface area contributed by atoms with Gasteiger partial charge in [0, 0.05) is 0 Å². The van der Waals surface area contributed by atoms with Crippen molar-refractivity contribution in [3.8, 4) is 111 Å². The molecule has 0 bridgehead atoms. The Kier molecular flexibility index (Phi) is 7.20. The number of hydrogen-bond acceptors (Lipinski definition) is 0. The first-order chi connectivity index (χ1) is 35.0. The number of fused-ring (bicyclic) bond motifs is 14. The second-order valence-electron chi connectivity index (χ2n) is 20.9. The molecule has 326 valence electrons. The molecule has 0 amide bonds. The van der Waals surface area contributed by atoms with Crippen molar-refractivity contribution in [1.29, 1.82) is 0 Å². The summed E-state index contributed by atoms with van der Waals surface area (Å²) in [6.45, 7) is 5.19. The first-order valence-electron chi connectivity index (χ1n) is 25.2. The maximum absolute atomic E-state index is 2.67. The van der Waals surface area contributed by atoms with Crippen LogP contribution in [-0.4, -0.2) is 8.07 Å². The van der Waals surface area contributed by atoms with Gasteiger partial charge in [0.15, 0.2) is 0 Å². The van der Waals surface area contributed by atoms with Crippen LogP contribution in [0.1, 0.15) is 0 Å². The maximum atomic E-state index is 2.67. The van der Waals surface area contributed by atoms with Crippen LogP contribution in [0.5, 0.6) is 0 Å². The zero-order valence-electron chi connectivity index (χ0n) is 39.3. The molecule has 4 aliphatic rings. The third-order valence-corrected chi connectivity index (χ3v) is 20.8. The van der Waals surface area contributed by atoms with Gasteiger partial charge in [0.05, 0.1) is 0 Å². The van der Waals surface area contributed by atoms with Gasteiger partial charge in [-0.25, -0.2) is 0 Å². The van der Waals surface area contributed by atoms with E-state index < -0.39 is 8.07 Å². The zero-order valence-corrected chi connectivity index (χ0v) is 40.3. The first kappa shape index (κ1) is 38.3. The number of rotatable bonds is 3. The van der Waals surface area contributed by atoms with Crippen molar-refractivity contribution in [3.05, 3.63) is 218 Å². The van der Waals surface area contributed by atoms with Crippen LogP contribution in [0.2, 0.25) is 13.1 Å². The van der Waals surface area contributed by atoms with Crippen LogP contribution in [0.25, 0.3) is 165 Å². The highest BCUT2D eigenvalue weighted by molar-refractivity contribution is 7.04. The molecule has 13 aromatic carbocycles. The predicted molar refractivity (Wildman–Crippen MR) is 306 cm³/mol. The normalized spacial score (nSPS) is 13.6. The van der Waals surface area contributed by atoms with Crippen molar-refractivity contribution >= 4 is 72.3 Å². The molecule has 0 unspecified atom stereocenters. The van der Waals surface area contributed by atoms with E-state index in [1.165, 1.54) is 176 Å². The number of benzene rings is 13. The van der Waals surface area contributed by atoms with E-state index in [1.54, 1.807) is 0 Å². The summed E-state index contributed by atoms with van der Waals surface area (Å²) in [5.74, 6) is 0. The molecule has 1 heteroatoms. The molecule has 1 heterocycles. The number of hydrogen-bond donors (Lipinski definition) is 0. The van der Waals surface area contributed by atoms with Gasteiger partial charge < -0.3 is 0 Å². The van der Waals surface area contributed by atoms with E-state index >= 15 is 0 Å². The van der Waals surface area contributed by atoms with Crippen LogP contribution in [0.4, 0.5) is 0 Å². The second-order valence-corrected chi connectivity index (χ2v) is 25.3. The standard InChI is InChI=1S/C70H42Si/c1-71(2)64-36-39(40-30-31-56-44-17-6-3-14-41(44)49-23-11-22-48(40)66(49)56)28-29-47(64)61-37-62-63(38-65(61)71)70(60-35-33-58-46-19-8-5-16-43(46)51-25-13-27-55(60)68(51)58)53-21-10-9-20-52(53)69(62)59-34-32-57-45-18-7-4-15-42(45)50-24-12-26-54(59)67(50)57/h3-38H,1-2H3. The van der Waals surface area contributed by atoms with Gasteiger partial charge in [-0.2, -0.15) is 0 Å². The van der Waals surface area contributed by atoms with Crippen LogP contribution in [0.3, 0.4) is 0 Å². The summed E-state index contributed by atoms with van der Waals surface area (Å²) < 4.78 is 0. The van der Waals surface area contributed by atoms with Gasteiger partial charge in [0.1, 0.15) is 8.07 Å². The Morgan fingerprint density at radius 3 is 1.00 bits per heavy atom. The van der Waals surface area contributed by atoms with E-state index in [9.17, 15) is 0 Å². The lowest BCUT2D eigenvalue weighted by Crippen LogP contribution is -2.49. The average molecular weight is 911 g/mol. The first-order valence-corrected chi connectivity index (χ1v) is 28.2. The van der Waals surface area contributed by atoms with Crippen molar-refractivity contribution in [2.45, 2.75) is 13.1 Å². The fourth-order valence-corrected chi connectivity index (χ4v) is 17.3. The molecule has 0 fully saturated rings. The Balaban J connectivity index is 0.954. The Bertz CT molecular complexity index is 4570. The van der Waals surface area contributed by atoms with Gasteiger partial charge in [-0.05, 0) is 182 Å². The predicted octanol–water partition coefficient (Wildman–Crippen LogP) is 18.2. The Hall–Kier alpha value is -8.62. The summed E-state index contributed by atoms with van der Waals surface area (Å²) >= 11 is 0.